The summed E-state index contributed by atoms with van der Waals surface area (Å²) < 4.78 is 1.70. The normalized spacial score (nSPS) is 10.5. The number of hydrogen-bond acceptors (Lipinski definition) is 2. The van der Waals surface area contributed by atoms with Crippen LogP contribution in [0.1, 0.15) is 21.9 Å². The summed E-state index contributed by atoms with van der Waals surface area (Å²) in [6.07, 6.45) is 1.61. The lowest BCUT2D eigenvalue weighted by molar-refractivity contribution is 0.102. The zero-order valence-electron chi connectivity index (χ0n) is 9.15. The lowest BCUT2D eigenvalue weighted by Gasteiger charge is -2.03. The first-order valence-electron chi connectivity index (χ1n) is 5.00. The molecule has 0 fully saturated rings. The molecule has 1 aromatic carbocycles. The highest BCUT2D eigenvalue weighted by Crippen LogP contribution is 2.14. The van der Waals surface area contributed by atoms with Crippen LogP contribution in [0.25, 0.3) is 0 Å². The van der Waals surface area contributed by atoms with Gasteiger partial charge in [0.05, 0.1) is 17.8 Å². The van der Waals surface area contributed by atoms with E-state index in [4.69, 9.17) is 23.2 Å². The fourth-order valence-corrected chi connectivity index (χ4v) is 1.88. The van der Waals surface area contributed by atoms with E-state index in [-0.39, 0.29) is 5.78 Å². The third-order valence-corrected chi connectivity index (χ3v) is 3.06. The lowest BCUT2D eigenvalue weighted by Crippen LogP contribution is -2.10. The highest BCUT2D eigenvalue weighted by Gasteiger charge is 2.15. The number of rotatable bonds is 3. The van der Waals surface area contributed by atoms with E-state index < -0.39 is 0 Å². The van der Waals surface area contributed by atoms with Gasteiger partial charge in [-0.05, 0) is 24.3 Å². The number of imidazole rings is 1. The van der Waals surface area contributed by atoms with Crippen molar-refractivity contribution in [3.05, 3.63) is 52.6 Å². The average molecular weight is 269 g/mol. The maximum atomic E-state index is 12.1. The summed E-state index contributed by atoms with van der Waals surface area (Å²) in [6, 6.07) is 6.72. The molecule has 1 aromatic heterocycles. The Bertz CT molecular complexity index is 546. The summed E-state index contributed by atoms with van der Waals surface area (Å²) in [4.78, 5) is 16.2. The van der Waals surface area contributed by atoms with Crippen molar-refractivity contribution < 1.29 is 4.79 Å². The zero-order valence-corrected chi connectivity index (χ0v) is 10.7. The number of hydrogen-bond donors (Lipinski definition) is 0. The molecule has 0 saturated carbocycles. The van der Waals surface area contributed by atoms with Crippen LogP contribution >= 0.6 is 23.2 Å². The topological polar surface area (TPSA) is 34.9 Å². The first-order valence-corrected chi connectivity index (χ1v) is 5.91. The van der Waals surface area contributed by atoms with E-state index in [1.165, 1.54) is 0 Å². The molecule has 0 aliphatic rings. The van der Waals surface area contributed by atoms with Crippen LogP contribution in [0.5, 0.6) is 0 Å². The SMILES string of the molecule is Cn1c(CCl)cnc1C(=O)c1ccc(Cl)cc1. The first kappa shape index (κ1) is 12.1. The van der Waals surface area contributed by atoms with Gasteiger partial charge < -0.3 is 4.57 Å². The minimum atomic E-state index is -0.138. The highest BCUT2D eigenvalue weighted by molar-refractivity contribution is 6.30. The zero-order chi connectivity index (χ0) is 12.4. The van der Waals surface area contributed by atoms with Gasteiger partial charge in [-0.25, -0.2) is 4.98 Å². The molecule has 0 N–H and O–H groups in total. The van der Waals surface area contributed by atoms with Crippen molar-refractivity contribution in [1.82, 2.24) is 9.55 Å². The van der Waals surface area contributed by atoms with Crippen LogP contribution in [0.3, 0.4) is 0 Å². The van der Waals surface area contributed by atoms with Crippen LogP contribution in [-0.4, -0.2) is 15.3 Å². The second-order valence-electron chi connectivity index (χ2n) is 3.60. The van der Waals surface area contributed by atoms with Crippen molar-refractivity contribution in [2.75, 3.05) is 0 Å². The van der Waals surface area contributed by atoms with Gasteiger partial charge in [-0.3, -0.25) is 4.79 Å². The molecule has 0 atom stereocenters. The number of benzene rings is 1. The monoisotopic (exact) mass is 268 g/mol. The number of aromatic nitrogens is 2. The Labute approximate surface area is 109 Å². The van der Waals surface area contributed by atoms with Gasteiger partial charge in [0.15, 0.2) is 5.82 Å². The fourth-order valence-electron chi connectivity index (χ4n) is 1.51. The van der Waals surface area contributed by atoms with Gasteiger partial charge in [0.1, 0.15) is 0 Å². The summed E-state index contributed by atoms with van der Waals surface area (Å²) in [5, 5.41) is 0.600. The summed E-state index contributed by atoms with van der Waals surface area (Å²) in [7, 11) is 1.77. The molecular formula is C12H10Cl2N2O. The number of ketones is 1. The molecule has 0 aliphatic carbocycles. The molecule has 3 nitrogen and oxygen atoms in total. The van der Waals surface area contributed by atoms with Crippen LogP contribution in [0.2, 0.25) is 5.02 Å². The Morgan fingerprint density at radius 2 is 2.00 bits per heavy atom. The van der Waals surface area contributed by atoms with E-state index in [2.05, 4.69) is 4.98 Å². The van der Waals surface area contributed by atoms with Crippen LogP contribution in [0, 0.1) is 0 Å². The van der Waals surface area contributed by atoms with Gasteiger partial charge >= 0.3 is 0 Å². The standard InChI is InChI=1S/C12H10Cl2N2O/c1-16-10(6-13)7-15-12(16)11(17)8-2-4-9(14)5-3-8/h2-5,7H,6H2,1H3. The van der Waals surface area contributed by atoms with E-state index >= 15 is 0 Å². The molecular weight excluding hydrogens is 259 g/mol. The predicted molar refractivity (Wildman–Crippen MR) is 67.6 cm³/mol. The van der Waals surface area contributed by atoms with Crippen molar-refractivity contribution in [3.8, 4) is 0 Å². The van der Waals surface area contributed by atoms with Crippen molar-refractivity contribution >= 4 is 29.0 Å². The van der Waals surface area contributed by atoms with Gasteiger partial charge in [-0.2, -0.15) is 0 Å². The van der Waals surface area contributed by atoms with E-state index in [1.807, 2.05) is 0 Å². The maximum Gasteiger partial charge on any atom is 0.228 e. The Balaban J connectivity index is 2.37. The van der Waals surface area contributed by atoms with Crippen LogP contribution < -0.4 is 0 Å². The second-order valence-corrected chi connectivity index (χ2v) is 4.31. The molecule has 0 aliphatic heterocycles. The Hall–Kier alpha value is -1.32. The maximum absolute atomic E-state index is 12.1. The van der Waals surface area contributed by atoms with Crippen LogP contribution in [0.15, 0.2) is 30.5 Å². The Morgan fingerprint density at radius 1 is 1.35 bits per heavy atom. The third kappa shape index (κ3) is 2.35. The fraction of sp³-hybridized carbons (Fsp3) is 0.167. The molecule has 0 saturated heterocycles. The van der Waals surface area contributed by atoms with Gasteiger partial charge in [-0.15, -0.1) is 11.6 Å². The summed E-state index contributed by atoms with van der Waals surface area (Å²) in [5.74, 6) is 0.570. The number of nitrogens with zero attached hydrogens (tertiary/aromatic N) is 2. The number of halogens is 2. The molecule has 2 aromatic rings. The molecule has 0 amide bonds. The minimum Gasteiger partial charge on any atom is -0.327 e. The molecule has 88 valence electrons. The number of carbonyl (C=O) groups excluding carboxylic acids is 1. The summed E-state index contributed by atoms with van der Waals surface area (Å²) >= 11 is 11.5. The Morgan fingerprint density at radius 3 is 2.53 bits per heavy atom. The molecule has 5 heteroatoms. The quantitative estimate of drug-likeness (QED) is 0.634. The minimum absolute atomic E-state index is 0.138. The number of alkyl halides is 1. The molecule has 17 heavy (non-hydrogen) atoms. The molecule has 0 radical (unpaired) electrons. The van der Waals surface area contributed by atoms with Crippen molar-refractivity contribution in [2.45, 2.75) is 5.88 Å². The van der Waals surface area contributed by atoms with Gasteiger partial charge in [-0.1, -0.05) is 11.6 Å². The second kappa shape index (κ2) is 4.90. The Kier molecular flexibility index (Phi) is 3.50. The van der Waals surface area contributed by atoms with E-state index in [9.17, 15) is 4.79 Å². The predicted octanol–water partition coefficient (Wildman–Crippen LogP) is 3.04. The molecule has 0 spiro atoms. The van der Waals surface area contributed by atoms with Gasteiger partial charge in [0, 0.05) is 17.6 Å². The van der Waals surface area contributed by atoms with Crippen LogP contribution in [-0.2, 0) is 12.9 Å². The van der Waals surface area contributed by atoms with Gasteiger partial charge in [0.2, 0.25) is 5.78 Å². The third-order valence-electron chi connectivity index (χ3n) is 2.53. The van der Waals surface area contributed by atoms with Gasteiger partial charge in [0.25, 0.3) is 0 Å². The average Bonchev–Trinajstić information content (AvgIpc) is 2.70. The molecule has 2 rings (SSSR count). The van der Waals surface area contributed by atoms with E-state index in [0.29, 0.717) is 22.3 Å². The van der Waals surface area contributed by atoms with Crippen molar-refractivity contribution in [2.24, 2.45) is 7.05 Å². The largest absolute Gasteiger partial charge is 0.327 e. The molecule has 0 unspecified atom stereocenters. The summed E-state index contributed by atoms with van der Waals surface area (Å²) in [6.45, 7) is 0. The number of carbonyl (C=O) groups is 1. The van der Waals surface area contributed by atoms with Crippen molar-refractivity contribution in [1.29, 1.82) is 0 Å². The smallest absolute Gasteiger partial charge is 0.228 e. The highest BCUT2D eigenvalue weighted by atomic mass is 35.5. The summed E-state index contributed by atoms with van der Waals surface area (Å²) in [5.41, 5.74) is 1.37. The molecule has 0 bridgehead atoms. The van der Waals surface area contributed by atoms with Crippen LogP contribution in [0.4, 0.5) is 0 Å². The molecule has 1 heterocycles. The van der Waals surface area contributed by atoms with Crippen molar-refractivity contribution in [3.63, 3.8) is 0 Å². The van der Waals surface area contributed by atoms with E-state index in [0.717, 1.165) is 5.69 Å². The van der Waals surface area contributed by atoms with E-state index in [1.54, 1.807) is 42.1 Å². The first-order chi connectivity index (χ1) is 8.13. The lowest BCUT2D eigenvalue weighted by atomic mass is 10.1.